The number of nitro groups is 1. The molecule has 1 aliphatic rings. The number of benzene rings is 1. The minimum atomic E-state index is -3.98. The summed E-state index contributed by atoms with van der Waals surface area (Å²) in [4.78, 5) is 12.8. The minimum absolute atomic E-state index is 0.0171. The van der Waals surface area contributed by atoms with E-state index in [-0.39, 0.29) is 16.6 Å². The molecule has 1 aliphatic heterocycles. The van der Waals surface area contributed by atoms with E-state index in [1.165, 1.54) is 18.6 Å². The van der Waals surface area contributed by atoms with Crippen molar-refractivity contribution in [2.45, 2.75) is 38.1 Å². The predicted octanol–water partition coefficient (Wildman–Crippen LogP) is 2.02. The van der Waals surface area contributed by atoms with E-state index in [1.54, 1.807) is 0 Å². The maximum Gasteiger partial charge on any atom is 0.293 e. The second kappa shape index (κ2) is 7.67. The highest BCUT2D eigenvalue weighted by atomic mass is 32.2. The normalized spacial score (nSPS) is 23.2. The lowest BCUT2D eigenvalue weighted by atomic mass is 9.92. The van der Waals surface area contributed by atoms with Crippen LogP contribution in [0.2, 0.25) is 0 Å². The molecule has 8 nitrogen and oxygen atoms in total. The topological polar surface area (TPSA) is 119 Å². The fourth-order valence-electron chi connectivity index (χ4n) is 3.60. The smallest absolute Gasteiger partial charge is 0.293 e. The molecule has 1 aromatic carbocycles. The molecule has 3 unspecified atom stereocenters. The zero-order valence-electron chi connectivity index (χ0n) is 14.8. The lowest BCUT2D eigenvalue weighted by Crippen LogP contribution is -2.43. The molecule has 2 rings (SSSR count). The van der Waals surface area contributed by atoms with E-state index in [1.807, 2.05) is 6.92 Å². The quantitative estimate of drug-likeness (QED) is 0.584. The summed E-state index contributed by atoms with van der Waals surface area (Å²) in [6.45, 7) is 9.23. The van der Waals surface area contributed by atoms with Gasteiger partial charge in [0.15, 0.2) is 0 Å². The molecule has 140 valence electrons. The molecule has 3 N–H and O–H groups in total. The van der Waals surface area contributed by atoms with Gasteiger partial charge in [-0.15, -0.1) is 0 Å². The van der Waals surface area contributed by atoms with Gasteiger partial charge in [-0.05, 0) is 37.3 Å². The molecule has 1 fully saturated rings. The van der Waals surface area contributed by atoms with E-state index in [0.29, 0.717) is 17.5 Å². The first-order valence-corrected chi connectivity index (χ1v) is 9.91. The second-order valence-corrected chi connectivity index (χ2v) is 8.75. The Hall–Kier alpha value is -1.71. The van der Waals surface area contributed by atoms with Crippen molar-refractivity contribution in [1.82, 2.24) is 4.90 Å². The molecule has 1 heterocycles. The molecule has 0 amide bonds. The van der Waals surface area contributed by atoms with Crippen LogP contribution in [0.4, 0.5) is 11.4 Å². The summed E-state index contributed by atoms with van der Waals surface area (Å²) in [5.41, 5.74) is 0.00163. The Morgan fingerprint density at radius 3 is 2.48 bits per heavy atom. The highest BCUT2D eigenvalue weighted by Crippen LogP contribution is 2.28. The zero-order valence-corrected chi connectivity index (χ0v) is 15.6. The molecule has 1 saturated heterocycles. The van der Waals surface area contributed by atoms with Gasteiger partial charge in [0.2, 0.25) is 10.0 Å². The molecule has 25 heavy (non-hydrogen) atoms. The maximum atomic E-state index is 11.4. The van der Waals surface area contributed by atoms with Crippen LogP contribution in [-0.4, -0.2) is 43.9 Å². The van der Waals surface area contributed by atoms with E-state index >= 15 is 0 Å². The number of nitrogens with zero attached hydrogens (tertiary/aromatic N) is 2. The van der Waals surface area contributed by atoms with Crippen LogP contribution >= 0.6 is 0 Å². The number of likely N-dealkylation sites (tertiary alicyclic amines) is 1. The number of sulfonamides is 1. The highest BCUT2D eigenvalue weighted by Gasteiger charge is 2.24. The van der Waals surface area contributed by atoms with Gasteiger partial charge < -0.3 is 10.2 Å². The average Bonchev–Trinajstić information content (AvgIpc) is 2.44. The number of primary sulfonamides is 1. The Balaban J connectivity index is 2.12. The van der Waals surface area contributed by atoms with Crippen LogP contribution in [0.1, 0.15) is 27.2 Å². The largest absolute Gasteiger partial charge is 0.376 e. The third-order valence-electron chi connectivity index (χ3n) is 4.37. The van der Waals surface area contributed by atoms with Crippen LogP contribution in [0.15, 0.2) is 23.1 Å². The summed E-state index contributed by atoms with van der Waals surface area (Å²) in [6, 6.07) is 3.66. The predicted molar refractivity (Wildman–Crippen MR) is 96.9 cm³/mol. The standard InChI is InChI=1S/C16H26N4O4S/c1-11-6-12(2)9-19(8-11)10-13(3)18-15-5-4-14(25(17,23)24)7-16(15)20(21)22/h4-5,7,11-13,18H,6,8-10H2,1-3H3,(H2,17,23,24). The van der Waals surface area contributed by atoms with Gasteiger partial charge in [0.1, 0.15) is 5.69 Å². The van der Waals surface area contributed by atoms with E-state index < -0.39 is 14.9 Å². The van der Waals surface area contributed by atoms with Crippen LogP contribution in [0.25, 0.3) is 0 Å². The lowest BCUT2D eigenvalue weighted by molar-refractivity contribution is -0.384. The molecule has 0 aromatic heterocycles. The number of nitrogens with one attached hydrogen (secondary N) is 1. The van der Waals surface area contributed by atoms with Crippen molar-refractivity contribution >= 4 is 21.4 Å². The summed E-state index contributed by atoms with van der Waals surface area (Å²) in [5, 5.41) is 19.5. The maximum absolute atomic E-state index is 11.4. The summed E-state index contributed by atoms with van der Waals surface area (Å²) in [6.07, 6.45) is 1.22. The van der Waals surface area contributed by atoms with Crippen LogP contribution in [0.3, 0.4) is 0 Å². The molecular weight excluding hydrogens is 344 g/mol. The zero-order chi connectivity index (χ0) is 18.8. The molecule has 9 heteroatoms. The summed E-state index contributed by atoms with van der Waals surface area (Å²) < 4.78 is 22.8. The molecular formula is C16H26N4O4S. The van der Waals surface area contributed by atoms with Gasteiger partial charge in [0.25, 0.3) is 5.69 Å². The Labute approximate surface area is 148 Å². The van der Waals surface area contributed by atoms with E-state index in [0.717, 1.165) is 25.7 Å². The van der Waals surface area contributed by atoms with Crippen molar-refractivity contribution < 1.29 is 13.3 Å². The van der Waals surface area contributed by atoms with E-state index in [9.17, 15) is 18.5 Å². The van der Waals surface area contributed by atoms with Crippen molar-refractivity contribution in [2.75, 3.05) is 25.0 Å². The van der Waals surface area contributed by atoms with Crippen LogP contribution < -0.4 is 10.5 Å². The summed E-state index contributed by atoms with van der Waals surface area (Å²) in [7, 11) is -3.98. The van der Waals surface area contributed by atoms with Crippen LogP contribution in [-0.2, 0) is 10.0 Å². The third-order valence-corrected chi connectivity index (χ3v) is 5.28. The van der Waals surface area contributed by atoms with E-state index in [4.69, 9.17) is 5.14 Å². The van der Waals surface area contributed by atoms with Crippen molar-refractivity contribution in [3.63, 3.8) is 0 Å². The van der Waals surface area contributed by atoms with Gasteiger partial charge in [-0.1, -0.05) is 13.8 Å². The summed E-state index contributed by atoms with van der Waals surface area (Å²) in [5.74, 6) is 1.28. The molecule has 0 bridgehead atoms. The van der Waals surface area contributed by atoms with Crippen molar-refractivity contribution in [3.05, 3.63) is 28.3 Å². The van der Waals surface area contributed by atoms with Gasteiger partial charge in [0, 0.05) is 31.7 Å². The minimum Gasteiger partial charge on any atom is -0.376 e. The van der Waals surface area contributed by atoms with Gasteiger partial charge >= 0.3 is 0 Å². The second-order valence-electron chi connectivity index (χ2n) is 7.19. The average molecular weight is 370 g/mol. The van der Waals surface area contributed by atoms with E-state index in [2.05, 4.69) is 24.1 Å². The van der Waals surface area contributed by atoms with Crippen molar-refractivity contribution in [2.24, 2.45) is 17.0 Å². The molecule has 1 aromatic rings. The molecule has 0 saturated carbocycles. The number of nitrogens with two attached hydrogens (primary N) is 1. The first kappa shape index (κ1) is 19.6. The first-order chi connectivity index (χ1) is 11.6. The third kappa shape index (κ3) is 5.38. The molecule has 0 spiro atoms. The molecule has 0 aliphatic carbocycles. The number of hydrogen-bond acceptors (Lipinski definition) is 6. The number of rotatable bonds is 6. The Morgan fingerprint density at radius 1 is 1.36 bits per heavy atom. The lowest BCUT2D eigenvalue weighted by Gasteiger charge is -2.36. The van der Waals surface area contributed by atoms with Gasteiger partial charge in [0.05, 0.1) is 9.82 Å². The van der Waals surface area contributed by atoms with Gasteiger partial charge in [-0.3, -0.25) is 10.1 Å². The molecule has 0 radical (unpaired) electrons. The van der Waals surface area contributed by atoms with Crippen LogP contribution in [0.5, 0.6) is 0 Å². The SMILES string of the molecule is CC1CC(C)CN(CC(C)Nc2ccc(S(N)(=O)=O)cc2[N+](=O)[O-])C1. The molecule has 3 atom stereocenters. The monoisotopic (exact) mass is 370 g/mol. The number of nitro benzene ring substituents is 1. The number of piperidine rings is 1. The first-order valence-electron chi connectivity index (χ1n) is 8.36. The number of anilines is 1. The van der Waals surface area contributed by atoms with Crippen LogP contribution in [0, 0.1) is 22.0 Å². The van der Waals surface area contributed by atoms with Crippen molar-refractivity contribution in [1.29, 1.82) is 0 Å². The highest BCUT2D eigenvalue weighted by molar-refractivity contribution is 7.89. The fourth-order valence-corrected chi connectivity index (χ4v) is 4.13. The van der Waals surface area contributed by atoms with Crippen molar-refractivity contribution in [3.8, 4) is 0 Å². The van der Waals surface area contributed by atoms with Gasteiger partial charge in [-0.25, -0.2) is 13.6 Å². The number of hydrogen-bond donors (Lipinski definition) is 2. The Kier molecular flexibility index (Phi) is 6.02. The Morgan fingerprint density at radius 2 is 1.96 bits per heavy atom. The fraction of sp³-hybridized carbons (Fsp3) is 0.625. The summed E-state index contributed by atoms with van der Waals surface area (Å²) >= 11 is 0. The Bertz CT molecular complexity index is 728. The van der Waals surface area contributed by atoms with Gasteiger partial charge in [-0.2, -0.15) is 0 Å².